The average molecular weight is 410 g/mol. The van der Waals surface area contributed by atoms with Gasteiger partial charge in [0.15, 0.2) is 0 Å². The number of piperazine rings is 1. The van der Waals surface area contributed by atoms with Crippen LogP contribution in [0.25, 0.3) is 0 Å². The van der Waals surface area contributed by atoms with E-state index in [1.807, 2.05) is 30.9 Å². The quantitative estimate of drug-likeness (QED) is 0.817. The molecule has 1 amide bonds. The maximum Gasteiger partial charge on any atom is 0.229 e. The standard InChI is InChI=1S/C23H31N5O2/c1-17(2)23(30)28-9-3-4-18-14-19(5-6-20(18)28)21(29)16-26-10-12-27(13-11-26)22-15-24-7-8-25-22/h5-8,14-15,17,21,29H,3-4,9-13,16H2,1-2H3/t21-/m1/s1. The number of aliphatic hydroxyl groups is 1. The fourth-order valence-electron chi connectivity index (χ4n) is 4.33. The molecule has 0 unspecified atom stereocenters. The molecule has 0 spiro atoms. The number of amides is 1. The summed E-state index contributed by atoms with van der Waals surface area (Å²) in [5.74, 6) is 1.07. The number of carbonyl (C=O) groups excluding carboxylic acids is 1. The molecule has 1 atom stereocenters. The SMILES string of the molecule is CC(C)C(=O)N1CCCc2cc([C@H](O)CN3CCN(c4cnccn4)CC3)ccc21. The van der Waals surface area contributed by atoms with E-state index in [2.05, 4.69) is 25.8 Å². The van der Waals surface area contributed by atoms with E-state index in [0.29, 0.717) is 6.54 Å². The van der Waals surface area contributed by atoms with Crippen LogP contribution in [-0.2, 0) is 11.2 Å². The molecule has 160 valence electrons. The van der Waals surface area contributed by atoms with E-state index >= 15 is 0 Å². The van der Waals surface area contributed by atoms with Gasteiger partial charge >= 0.3 is 0 Å². The third-order valence-electron chi connectivity index (χ3n) is 6.04. The van der Waals surface area contributed by atoms with E-state index in [9.17, 15) is 9.90 Å². The summed E-state index contributed by atoms with van der Waals surface area (Å²) >= 11 is 0. The van der Waals surface area contributed by atoms with Crippen LogP contribution in [0.5, 0.6) is 0 Å². The van der Waals surface area contributed by atoms with Gasteiger partial charge in [0.2, 0.25) is 5.91 Å². The molecule has 0 bridgehead atoms. The van der Waals surface area contributed by atoms with Crippen molar-refractivity contribution in [2.45, 2.75) is 32.8 Å². The molecule has 2 aliphatic rings. The molecule has 0 aliphatic carbocycles. The summed E-state index contributed by atoms with van der Waals surface area (Å²) in [6.07, 6.45) is 6.59. The van der Waals surface area contributed by atoms with Crippen molar-refractivity contribution in [3.05, 3.63) is 47.9 Å². The highest BCUT2D eigenvalue weighted by Gasteiger charge is 2.26. The van der Waals surface area contributed by atoms with Gasteiger partial charge in [-0.2, -0.15) is 0 Å². The Labute approximate surface area is 178 Å². The van der Waals surface area contributed by atoms with E-state index in [-0.39, 0.29) is 11.8 Å². The van der Waals surface area contributed by atoms with Crippen molar-refractivity contribution in [2.75, 3.05) is 49.1 Å². The van der Waals surface area contributed by atoms with E-state index < -0.39 is 6.10 Å². The number of aromatic nitrogens is 2. The molecule has 2 aliphatic heterocycles. The first kappa shape index (κ1) is 20.8. The second kappa shape index (κ2) is 9.10. The minimum Gasteiger partial charge on any atom is -0.387 e. The van der Waals surface area contributed by atoms with Gasteiger partial charge < -0.3 is 14.9 Å². The molecule has 0 saturated carbocycles. The third-order valence-corrected chi connectivity index (χ3v) is 6.04. The lowest BCUT2D eigenvalue weighted by Gasteiger charge is -2.36. The molecule has 2 aromatic rings. The van der Waals surface area contributed by atoms with Gasteiger partial charge in [0, 0.05) is 63.3 Å². The number of rotatable bonds is 5. The Hall–Kier alpha value is -2.51. The van der Waals surface area contributed by atoms with Crippen LogP contribution in [0.2, 0.25) is 0 Å². The maximum absolute atomic E-state index is 12.5. The van der Waals surface area contributed by atoms with Crippen LogP contribution in [0, 0.1) is 5.92 Å². The van der Waals surface area contributed by atoms with Crippen molar-refractivity contribution in [3.8, 4) is 0 Å². The molecule has 7 heteroatoms. The van der Waals surface area contributed by atoms with E-state index in [0.717, 1.165) is 62.6 Å². The predicted molar refractivity (Wildman–Crippen MR) is 118 cm³/mol. The predicted octanol–water partition coefficient (Wildman–Crippen LogP) is 2.27. The molecule has 4 rings (SSSR count). The van der Waals surface area contributed by atoms with Crippen LogP contribution in [0.1, 0.15) is 37.5 Å². The number of fused-ring (bicyclic) bond motifs is 1. The van der Waals surface area contributed by atoms with Crippen molar-refractivity contribution in [1.82, 2.24) is 14.9 Å². The fourth-order valence-corrected chi connectivity index (χ4v) is 4.33. The Morgan fingerprint density at radius 1 is 1.13 bits per heavy atom. The lowest BCUT2D eigenvalue weighted by atomic mass is 9.96. The Balaban J connectivity index is 1.38. The number of anilines is 2. The largest absolute Gasteiger partial charge is 0.387 e. The van der Waals surface area contributed by atoms with Gasteiger partial charge in [0.25, 0.3) is 0 Å². The first-order valence-corrected chi connectivity index (χ1v) is 10.9. The zero-order valence-corrected chi connectivity index (χ0v) is 17.9. The Morgan fingerprint density at radius 2 is 1.93 bits per heavy atom. The summed E-state index contributed by atoms with van der Waals surface area (Å²) < 4.78 is 0. The van der Waals surface area contributed by atoms with Gasteiger partial charge in [-0.1, -0.05) is 26.0 Å². The Morgan fingerprint density at radius 3 is 2.63 bits per heavy atom. The Kier molecular flexibility index (Phi) is 6.29. The molecular formula is C23H31N5O2. The number of β-amino-alcohol motifs (C(OH)–C–C–N with tert-alkyl or cyclic N) is 1. The molecular weight excluding hydrogens is 378 g/mol. The lowest BCUT2D eigenvalue weighted by Crippen LogP contribution is -2.47. The Bertz CT molecular complexity index is 865. The van der Waals surface area contributed by atoms with Gasteiger partial charge in [0.1, 0.15) is 5.82 Å². The highest BCUT2D eigenvalue weighted by molar-refractivity contribution is 5.95. The number of hydrogen-bond donors (Lipinski definition) is 1. The first-order valence-electron chi connectivity index (χ1n) is 10.9. The molecule has 0 radical (unpaired) electrons. The third kappa shape index (κ3) is 4.47. The molecule has 7 nitrogen and oxygen atoms in total. The summed E-state index contributed by atoms with van der Waals surface area (Å²) in [4.78, 5) is 27.5. The van der Waals surface area contributed by atoms with Crippen molar-refractivity contribution < 1.29 is 9.90 Å². The van der Waals surface area contributed by atoms with Crippen molar-refractivity contribution >= 4 is 17.4 Å². The average Bonchev–Trinajstić information content (AvgIpc) is 2.78. The highest BCUT2D eigenvalue weighted by Crippen LogP contribution is 2.31. The number of hydrogen-bond acceptors (Lipinski definition) is 6. The van der Waals surface area contributed by atoms with Gasteiger partial charge in [-0.15, -0.1) is 0 Å². The van der Waals surface area contributed by atoms with E-state index in [1.165, 1.54) is 5.56 Å². The number of aliphatic hydroxyl groups excluding tert-OH is 1. The minimum atomic E-state index is -0.533. The van der Waals surface area contributed by atoms with E-state index in [4.69, 9.17) is 0 Å². The summed E-state index contributed by atoms with van der Waals surface area (Å²) in [5.41, 5.74) is 3.11. The van der Waals surface area contributed by atoms with E-state index in [1.54, 1.807) is 18.6 Å². The van der Waals surface area contributed by atoms with Gasteiger partial charge in [-0.25, -0.2) is 4.98 Å². The molecule has 30 heavy (non-hydrogen) atoms. The topological polar surface area (TPSA) is 72.8 Å². The van der Waals surface area contributed by atoms with Crippen LogP contribution in [0.3, 0.4) is 0 Å². The minimum absolute atomic E-state index is 0.0123. The summed E-state index contributed by atoms with van der Waals surface area (Å²) in [5, 5.41) is 10.9. The number of aryl methyl sites for hydroxylation is 1. The number of benzene rings is 1. The van der Waals surface area contributed by atoms with Crippen LogP contribution in [-0.4, -0.2) is 65.2 Å². The van der Waals surface area contributed by atoms with Crippen LogP contribution < -0.4 is 9.80 Å². The summed E-state index contributed by atoms with van der Waals surface area (Å²) in [7, 11) is 0. The molecule has 1 N–H and O–H groups in total. The normalized spacial score (nSPS) is 18.4. The number of nitrogens with zero attached hydrogens (tertiary/aromatic N) is 5. The van der Waals surface area contributed by atoms with Gasteiger partial charge in [-0.05, 0) is 30.0 Å². The molecule has 1 saturated heterocycles. The summed E-state index contributed by atoms with van der Waals surface area (Å²) in [6, 6.07) is 6.08. The molecule has 1 aromatic heterocycles. The van der Waals surface area contributed by atoms with Crippen molar-refractivity contribution in [3.63, 3.8) is 0 Å². The molecule has 1 fully saturated rings. The summed E-state index contributed by atoms with van der Waals surface area (Å²) in [6.45, 7) is 8.80. The monoisotopic (exact) mass is 409 g/mol. The zero-order chi connectivity index (χ0) is 21.1. The first-order chi connectivity index (χ1) is 14.5. The van der Waals surface area contributed by atoms with Crippen molar-refractivity contribution in [1.29, 1.82) is 0 Å². The fraction of sp³-hybridized carbons (Fsp3) is 0.522. The lowest BCUT2D eigenvalue weighted by molar-refractivity contribution is -0.121. The molecule has 3 heterocycles. The molecule has 1 aromatic carbocycles. The van der Waals surface area contributed by atoms with Crippen LogP contribution >= 0.6 is 0 Å². The number of carbonyl (C=O) groups is 1. The second-order valence-electron chi connectivity index (χ2n) is 8.50. The van der Waals surface area contributed by atoms with Crippen LogP contribution in [0.15, 0.2) is 36.8 Å². The maximum atomic E-state index is 12.5. The van der Waals surface area contributed by atoms with Gasteiger partial charge in [-0.3, -0.25) is 14.7 Å². The van der Waals surface area contributed by atoms with Crippen molar-refractivity contribution in [2.24, 2.45) is 5.92 Å². The highest BCUT2D eigenvalue weighted by atomic mass is 16.3. The smallest absolute Gasteiger partial charge is 0.229 e. The van der Waals surface area contributed by atoms with Crippen LogP contribution in [0.4, 0.5) is 11.5 Å². The van der Waals surface area contributed by atoms with Gasteiger partial charge in [0.05, 0.1) is 12.3 Å². The second-order valence-corrected chi connectivity index (χ2v) is 8.50. The zero-order valence-electron chi connectivity index (χ0n) is 17.9.